The largest absolute Gasteiger partial charge is 0.455 e. The first kappa shape index (κ1) is 7.99. The van der Waals surface area contributed by atoms with Gasteiger partial charge in [-0.3, -0.25) is 4.57 Å². The second-order valence-corrected chi connectivity index (χ2v) is 3.77. The molecule has 0 amide bonds. The SMILES string of the molecule is Brc1cnc2n1COc1ncccc1-2. The van der Waals surface area contributed by atoms with Crippen molar-refractivity contribution in [2.45, 2.75) is 6.73 Å². The van der Waals surface area contributed by atoms with Crippen molar-refractivity contribution in [1.82, 2.24) is 14.5 Å². The molecule has 3 rings (SSSR count). The molecule has 0 saturated heterocycles. The van der Waals surface area contributed by atoms with Gasteiger partial charge in [0.15, 0.2) is 6.73 Å². The highest BCUT2D eigenvalue weighted by molar-refractivity contribution is 9.10. The Kier molecular flexibility index (Phi) is 1.61. The predicted octanol–water partition coefficient (Wildman–Crippen LogP) is 2.06. The van der Waals surface area contributed by atoms with Crippen molar-refractivity contribution in [3.8, 4) is 17.3 Å². The molecule has 0 aliphatic carbocycles. The molecule has 2 aromatic heterocycles. The zero-order valence-electron chi connectivity index (χ0n) is 7.14. The highest BCUT2D eigenvalue weighted by Gasteiger charge is 2.20. The molecule has 0 radical (unpaired) electrons. The molecule has 0 unspecified atom stereocenters. The summed E-state index contributed by atoms with van der Waals surface area (Å²) in [7, 11) is 0. The normalized spacial score (nSPS) is 12.9. The van der Waals surface area contributed by atoms with E-state index in [2.05, 4.69) is 25.9 Å². The van der Waals surface area contributed by atoms with E-state index in [-0.39, 0.29) is 0 Å². The molecular weight excluding hydrogens is 246 g/mol. The van der Waals surface area contributed by atoms with Crippen LogP contribution in [0.4, 0.5) is 0 Å². The van der Waals surface area contributed by atoms with Crippen molar-refractivity contribution < 1.29 is 4.74 Å². The van der Waals surface area contributed by atoms with Gasteiger partial charge in [0.1, 0.15) is 10.4 Å². The van der Waals surface area contributed by atoms with Gasteiger partial charge in [-0.1, -0.05) is 0 Å². The topological polar surface area (TPSA) is 39.9 Å². The third-order valence-corrected chi connectivity index (χ3v) is 2.78. The maximum atomic E-state index is 5.47. The van der Waals surface area contributed by atoms with E-state index < -0.39 is 0 Å². The Morgan fingerprint density at radius 2 is 2.36 bits per heavy atom. The van der Waals surface area contributed by atoms with Gasteiger partial charge in [-0.15, -0.1) is 0 Å². The summed E-state index contributed by atoms with van der Waals surface area (Å²) in [5.74, 6) is 1.55. The molecule has 70 valence electrons. The van der Waals surface area contributed by atoms with E-state index in [4.69, 9.17) is 4.74 Å². The van der Waals surface area contributed by atoms with Crippen molar-refractivity contribution in [3.63, 3.8) is 0 Å². The monoisotopic (exact) mass is 251 g/mol. The summed E-state index contributed by atoms with van der Waals surface area (Å²) in [6.45, 7) is 0.458. The van der Waals surface area contributed by atoms with E-state index in [9.17, 15) is 0 Å². The molecule has 1 aliphatic rings. The predicted molar refractivity (Wildman–Crippen MR) is 53.8 cm³/mol. The number of rotatable bonds is 0. The first-order valence-electron chi connectivity index (χ1n) is 4.15. The first-order valence-corrected chi connectivity index (χ1v) is 4.95. The maximum absolute atomic E-state index is 5.47. The van der Waals surface area contributed by atoms with E-state index in [0.717, 1.165) is 16.0 Å². The van der Waals surface area contributed by atoms with Crippen LogP contribution in [0, 0.1) is 0 Å². The third kappa shape index (κ3) is 0.988. The van der Waals surface area contributed by atoms with Crippen LogP contribution in [0.5, 0.6) is 5.88 Å². The van der Waals surface area contributed by atoms with Gasteiger partial charge in [0.05, 0.1) is 11.8 Å². The number of aromatic nitrogens is 3. The number of halogens is 1. The molecular formula is C9H6BrN3O. The lowest BCUT2D eigenvalue weighted by Crippen LogP contribution is -2.13. The highest BCUT2D eigenvalue weighted by Crippen LogP contribution is 2.32. The van der Waals surface area contributed by atoms with Gasteiger partial charge in [0.2, 0.25) is 5.88 Å². The zero-order chi connectivity index (χ0) is 9.54. The van der Waals surface area contributed by atoms with Crippen LogP contribution in [-0.4, -0.2) is 14.5 Å². The molecule has 5 heteroatoms. The Hall–Kier alpha value is -1.36. The Morgan fingerprint density at radius 1 is 1.43 bits per heavy atom. The van der Waals surface area contributed by atoms with Crippen molar-refractivity contribution in [2.24, 2.45) is 0 Å². The lowest BCUT2D eigenvalue weighted by atomic mass is 10.2. The summed E-state index contributed by atoms with van der Waals surface area (Å²) in [5.41, 5.74) is 0.935. The van der Waals surface area contributed by atoms with Crippen molar-refractivity contribution in [3.05, 3.63) is 29.1 Å². The number of pyridine rings is 1. The summed E-state index contributed by atoms with van der Waals surface area (Å²) in [6.07, 6.45) is 3.48. The van der Waals surface area contributed by atoms with Crippen LogP contribution < -0.4 is 4.74 Å². The minimum absolute atomic E-state index is 0.458. The Bertz CT molecular complexity index is 495. The fourth-order valence-electron chi connectivity index (χ4n) is 1.49. The molecule has 0 bridgehead atoms. The molecule has 0 atom stereocenters. The first-order chi connectivity index (χ1) is 6.86. The van der Waals surface area contributed by atoms with E-state index >= 15 is 0 Å². The molecule has 14 heavy (non-hydrogen) atoms. The van der Waals surface area contributed by atoms with Gasteiger partial charge < -0.3 is 4.74 Å². The van der Waals surface area contributed by atoms with Crippen molar-refractivity contribution in [2.75, 3.05) is 0 Å². The molecule has 2 aromatic rings. The lowest BCUT2D eigenvalue weighted by Gasteiger charge is -2.18. The van der Waals surface area contributed by atoms with Crippen LogP contribution >= 0.6 is 15.9 Å². The van der Waals surface area contributed by atoms with Crippen LogP contribution in [0.3, 0.4) is 0 Å². The number of hydrogen-bond donors (Lipinski definition) is 0. The summed E-state index contributed by atoms with van der Waals surface area (Å²) < 4.78 is 8.34. The average molecular weight is 252 g/mol. The summed E-state index contributed by atoms with van der Waals surface area (Å²) in [4.78, 5) is 8.43. The number of fused-ring (bicyclic) bond motifs is 3. The molecule has 1 aliphatic heterocycles. The summed E-state index contributed by atoms with van der Waals surface area (Å²) >= 11 is 3.40. The van der Waals surface area contributed by atoms with Crippen molar-refractivity contribution >= 4 is 15.9 Å². The molecule has 0 fully saturated rings. The van der Waals surface area contributed by atoms with Crippen LogP contribution in [0.1, 0.15) is 0 Å². The number of ether oxygens (including phenoxy) is 1. The Morgan fingerprint density at radius 3 is 3.29 bits per heavy atom. The van der Waals surface area contributed by atoms with Gasteiger partial charge in [-0.2, -0.15) is 0 Å². The lowest BCUT2D eigenvalue weighted by molar-refractivity contribution is 0.218. The minimum Gasteiger partial charge on any atom is -0.455 e. The van der Waals surface area contributed by atoms with Gasteiger partial charge in [-0.25, -0.2) is 9.97 Å². The standard InChI is InChI=1S/C9H6BrN3O/c10-7-4-12-8-6-2-1-3-11-9(6)14-5-13(7)8/h1-4H,5H2. The average Bonchev–Trinajstić information content (AvgIpc) is 2.61. The fraction of sp³-hybridized carbons (Fsp3) is 0.111. The van der Waals surface area contributed by atoms with Gasteiger partial charge in [0.25, 0.3) is 0 Å². The summed E-state index contributed by atoms with van der Waals surface area (Å²) in [6, 6.07) is 3.83. The van der Waals surface area contributed by atoms with Crippen LogP contribution in [-0.2, 0) is 6.73 Å². The van der Waals surface area contributed by atoms with E-state index in [1.54, 1.807) is 12.4 Å². The Balaban J connectivity index is 2.29. The molecule has 3 heterocycles. The summed E-state index contributed by atoms with van der Waals surface area (Å²) in [5, 5.41) is 0. The van der Waals surface area contributed by atoms with E-state index in [1.807, 2.05) is 16.7 Å². The van der Waals surface area contributed by atoms with Gasteiger partial charge in [0, 0.05) is 6.20 Å². The fourth-order valence-corrected chi connectivity index (χ4v) is 1.87. The van der Waals surface area contributed by atoms with Gasteiger partial charge >= 0.3 is 0 Å². The second-order valence-electron chi connectivity index (χ2n) is 2.96. The third-order valence-electron chi connectivity index (χ3n) is 2.15. The molecule has 0 N–H and O–H groups in total. The number of imidazole rings is 1. The molecule has 0 spiro atoms. The molecule has 0 aromatic carbocycles. The quantitative estimate of drug-likeness (QED) is 0.720. The zero-order valence-corrected chi connectivity index (χ0v) is 8.73. The Labute approximate surface area is 88.7 Å². The minimum atomic E-state index is 0.458. The number of hydrogen-bond acceptors (Lipinski definition) is 3. The van der Waals surface area contributed by atoms with Crippen molar-refractivity contribution in [1.29, 1.82) is 0 Å². The van der Waals surface area contributed by atoms with Crippen LogP contribution in [0.25, 0.3) is 11.4 Å². The maximum Gasteiger partial charge on any atom is 0.226 e. The van der Waals surface area contributed by atoms with E-state index in [0.29, 0.717) is 12.6 Å². The van der Waals surface area contributed by atoms with Crippen LogP contribution in [0.15, 0.2) is 29.1 Å². The number of nitrogens with zero attached hydrogens (tertiary/aromatic N) is 3. The van der Waals surface area contributed by atoms with Crippen LogP contribution in [0.2, 0.25) is 0 Å². The molecule has 4 nitrogen and oxygen atoms in total. The highest BCUT2D eigenvalue weighted by atomic mass is 79.9. The smallest absolute Gasteiger partial charge is 0.226 e. The second kappa shape index (κ2) is 2.81. The molecule has 0 saturated carbocycles. The van der Waals surface area contributed by atoms with E-state index in [1.165, 1.54) is 0 Å². The van der Waals surface area contributed by atoms with Gasteiger partial charge in [-0.05, 0) is 28.1 Å².